The molecule has 0 spiro atoms. The van der Waals surface area contributed by atoms with Crippen molar-refractivity contribution in [3.05, 3.63) is 42.0 Å². The molecule has 1 aliphatic heterocycles. The predicted molar refractivity (Wildman–Crippen MR) is 86.0 cm³/mol. The minimum atomic E-state index is -0.0132. The Labute approximate surface area is 140 Å². The van der Waals surface area contributed by atoms with Crippen molar-refractivity contribution in [1.82, 2.24) is 19.7 Å². The first-order valence-electron chi connectivity index (χ1n) is 8.03. The van der Waals surface area contributed by atoms with E-state index in [1.807, 2.05) is 42.2 Å². The van der Waals surface area contributed by atoms with Crippen LogP contribution in [0.25, 0.3) is 0 Å². The summed E-state index contributed by atoms with van der Waals surface area (Å²) in [5, 5.41) is 12.7. The molecule has 1 amide bonds. The zero-order chi connectivity index (χ0) is 16.9. The normalized spacial score (nSPS) is 16.8. The van der Waals surface area contributed by atoms with Gasteiger partial charge in [-0.3, -0.25) is 4.79 Å². The second-order valence-electron chi connectivity index (χ2n) is 5.62. The molecule has 0 N–H and O–H groups in total. The molecule has 1 aromatic heterocycles. The lowest BCUT2D eigenvalue weighted by Crippen LogP contribution is -2.33. The van der Waals surface area contributed by atoms with E-state index in [2.05, 4.69) is 10.1 Å². The fourth-order valence-corrected chi connectivity index (χ4v) is 3.02. The first-order valence-corrected chi connectivity index (χ1v) is 8.03. The molecule has 2 aromatic rings. The molecule has 0 saturated carbocycles. The van der Waals surface area contributed by atoms with Gasteiger partial charge in [0.25, 0.3) is 5.82 Å². The van der Waals surface area contributed by atoms with Crippen molar-refractivity contribution < 1.29 is 9.53 Å². The second-order valence-corrected chi connectivity index (χ2v) is 5.62. The summed E-state index contributed by atoms with van der Waals surface area (Å²) in [7, 11) is 0. The van der Waals surface area contributed by atoms with Crippen LogP contribution >= 0.6 is 0 Å². The smallest absolute Gasteiger partial charge is 0.252 e. The molecule has 1 fully saturated rings. The molecule has 1 saturated heterocycles. The average molecular weight is 325 g/mol. The molecule has 3 rings (SSSR count). The summed E-state index contributed by atoms with van der Waals surface area (Å²) in [4.78, 5) is 18.3. The first kappa shape index (κ1) is 16.0. The Kier molecular flexibility index (Phi) is 4.75. The lowest BCUT2D eigenvalue weighted by molar-refractivity contribution is -0.133. The molecule has 2 heterocycles. The maximum atomic E-state index is 12.6. The summed E-state index contributed by atoms with van der Waals surface area (Å²) in [5.41, 5.74) is 1.11. The highest BCUT2D eigenvalue weighted by Gasteiger charge is 2.30. The van der Waals surface area contributed by atoms with Gasteiger partial charge in [-0.15, -0.1) is 5.10 Å². The minimum absolute atomic E-state index is 0.0132. The molecule has 0 aliphatic carbocycles. The lowest BCUT2D eigenvalue weighted by atomic mass is 10.0. The fraction of sp³-hybridized carbons (Fsp3) is 0.412. The van der Waals surface area contributed by atoms with E-state index in [9.17, 15) is 4.79 Å². The summed E-state index contributed by atoms with van der Waals surface area (Å²) in [6.07, 6.45) is 3.34. The van der Waals surface area contributed by atoms with Crippen LogP contribution in [0, 0.1) is 11.3 Å². The Morgan fingerprint density at radius 1 is 1.42 bits per heavy atom. The lowest BCUT2D eigenvalue weighted by Gasteiger charge is -2.25. The number of hydrogen-bond acceptors (Lipinski definition) is 5. The third-order valence-corrected chi connectivity index (χ3v) is 4.08. The fourth-order valence-electron chi connectivity index (χ4n) is 3.02. The van der Waals surface area contributed by atoms with Gasteiger partial charge in [0.05, 0.1) is 12.6 Å². The van der Waals surface area contributed by atoms with Crippen LogP contribution in [0.1, 0.15) is 37.2 Å². The number of carbonyl (C=O) groups is 1. The number of carbonyl (C=O) groups excluding carboxylic acids is 1. The number of hydrogen-bond donors (Lipinski definition) is 0. The van der Waals surface area contributed by atoms with Crippen LogP contribution in [0.4, 0.5) is 0 Å². The van der Waals surface area contributed by atoms with E-state index in [-0.39, 0.29) is 24.3 Å². The highest BCUT2D eigenvalue weighted by molar-refractivity contribution is 5.76. The molecule has 1 aromatic carbocycles. The van der Waals surface area contributed by atoms with Gasteiger partial charge in [-0.25, -0.2) is 9.67 Å². The van der Waals surface area contributed by atoms with E-state index in [1.165, 1.54) is 11.0 Å². The summed E-state index contributed by atoms with van der Waals surface area (Å²) in [6, 6.07) is 9.86. The van der Waals surface area contributed by atoms with Crippen LogP contribution in [-0.4, -0.2) is 38.7 Å². The van der Waals surface area contributed by atoms with E-state index in [1.54, 1.807) is 0 Å². The number of rotatable bonds is 5. The summed E-state index contributed by atoms with van der Waals surface area (Å²) >= 11 is 0. The van der Waals surface area contributed by atoms with E-state index in [4.69, 9.17) is 10.00 Å². The Bertz CT molecular complexity index is 747. The molecular weight excluding hydrogens is 306 g/mol. The monoisotopic (exact) mass is 325 g/mol. The van der Waals surface area contributed by atoms with Gasteiger partial charge in [0.15, 0.2) is 0 Å². The molecule has 24 heavy (non-hydrogen) atoms. The number of ether oxygens (including phenoxy) is 1. The molecule has 7 nitrogen and oxygen atoms in total. The third kappa shape index (κ3) is 3.38. The zero-order valence-corrected chi connectivity index (χ0v) is 13.6. The third-order valence-electron chi connectivity index (χ3n) is 4.08. The quantitative estimate of drug-likeness (QED) is 0.838. The Hall–Kier alpha value is -2.88. The van der Waals surface area contributed by atoms with Gasteiger partial charge in [-0.2, -0.15) is 5.26 Å². The minimum Gasteiger partial charge on any atom is -0.494 e. The number of nitriles is 1. The Morgan fingerprint density at radius 3 is 2.88 bits per heavy atom. The van der Waals surface area contributed by atoms with Crippen molar-refractivity contribution in [2.45, 2.75) is 32.4 Å². The van der Waals surface area contributed by atoms with Crippen LogP contribution in [0.3, 0.4) is 0 Å². The maximum absolute atomic E-state index is 12.6. The van der Waals surface area contributed by atoms with E-state index in [0.717, 1.165) is 30.7 Å². The Morgan fingerprint density at radius 2 is 2.21 bits per heavy atom. The van der Waals surface area contributed by atoms with E-state index >= 15 is 0 Å². The molecule has 0 unspecified atom stereocenters. The standard InChI is InChI=1S/C17H19N5O2/c1-2-24-14-7-5-13(6-8-14)15-4-3-9-22(15)17(23)11-21-12-19-16(10-18)20-21/h5-8,12,15H,2-4,9,11H2,1H3/t15-/m0/s1. The van der Waals surface area contributed by atoms with Crippen molar-refractivity contribution in [3.63, 3.8) is 0 Å². The van der Waals surface area contributed by atoms with Gasteiger partial charge in [0.1, 0.15) is 24.7 Å². The zero-order valence-electron chi connectivity index (χ0n) is 13.6. The van der Waals surface area contributed by atoms with Gasteiger partial charge >= 0.3 is 0 Å². The van der Waals surface area contributed by atoms with E-state index < -0.39 is 0 Å². The molecule has 7 heteroatoms. The van der Waals surface area contributed by atoms with E-state index in [0.29, 0.717) is 6.61 Å². The van der Waals surface area contributed by atoms with Gasteiger partial charge < -0.3 is 9.64 Å². The number of benzene rings is 1. The van der Waals surface area contributed by atoms with Crippen LogP contribution in [0.15, 0.2) is 30.6 Å². The van der Waals surface area contributed by atoms with Crippen LogP contribution in [0.2, 0.25) is 0 Å². The number of amides is 1. The average Bonchev–Trinajstić information content (AvgIpc) is 3.25. The SMILES string of the molecule is CCOc1ccc([C@@H]2CCCN2C(=O)Cn2cnc(C#N)n2)cc1. The molecular formula is C17H19N5O2. The predicted octanol–water partition coefficient (Wildman–Crippen LogP) is 1.91. The van der Waals surface area contributed by atoms with Crippen LogP contribution < -0.4 is 4.74 Å². The van der Waals surface area contributed by atoms with Gasteiger partial charge in [0.2, 0.25) is 5.91 Å². The second kappa shape index (κ2) is 7.13. The topological polar surface area (TPSA) is 84.0 Å². The Balaban J connectivity index is 1.70. The maximum Gasteiger partial charge on any atom is 0.252 e. The van der Waals surface area contributed by atoms with Crippen molar-refractivity contribution in [1.29, 1.82) is 5.26 Å². The number of likely N-dealkylation sites (tertiary alicyclic amines) is 1. The first-order chi connectivity index (χ1) is 11.7. The van der Waals surface area contributed by atoms with Gasteiger partial charge in [-0.1, -0.05) is 12.1 Å². The summed E-state index contributed by atoms with van der Waals surface area (Å²) in [5.74, 6) is 0.900. The highest BCUT2D eigenvalue weighted by atomic mass is 16.5. The largest absolute Gasteiger partial charge is 0.494 e. The molecule has 0 bridgehead atoms. The van der Waals surface area contributed by atoms with Crippen molar-refractivity contribution in [2.75, 3.05) is 13.2 Å². The molecule has 1 aliphatic rings. The van der Waals surface area contributed by atoms with Gasteiger partial charge in [-0.05, 0) is 37.5 Å². The highest BCUT2D eigenvalue weighted by Crippen LogP contribution is 2.32. The summed E-state index contributed by atoms with van der Waals surface area (Å²) < 4.78 is 6.88. The number of nitrogens with zero attached hydrogens (tertiary/aromatic N) is 5. The molecule has 1 atom stereocenters. The molecule has 124 valence electrons. The van der Waals surface area contributed by atoms with Crippen molar-refractivity contribution in [3.8, 4) is 11.8 Å². The van der Waals surface area contributed by atoms with Crippen molar-refractivity contribution in [2.24, 2.45) is 0 Å². The molecule has 0 radical (unpaired) electrons. The summed E-state index contributed by atoms with van der Waals surface area (Å²) in [6.45, 7) is 3.42. The van der Waals surface area contributed by atoms with Crippen molar-refractivity contribution >= 4 is 5.91 Å². The number of aromatic nitrogens is 3. The van der Waals surface area contributed by atoms with Crippen LogP contribution in [0.5, 0.6) is 5.75 Å². The van der Waals surface area contributed by atoms with Gasteiger partial charge in [0, 0.05) is 6.54 Å². The van der Waals surface area contributed by atoms with Crippen LogP contribution in [-0.2, 0) is 11.3 Å².